The minimum absolute atomic E-state index is 0.141. The minimum Gasteiger partial charge on any atom is -0.389 e. The van der Waals surface area contributed by atoms with Gasteiger partial charge in [0.25, 0.3) is 0 Å². The molecule has 1 unspecified atom stereocenters. The number of allylic oxidation sites excluding steroid dienone is 3. The van der Waals surface area contributed by atoms with Crippen molar-refractivity contribution < 1.29 is 9.50 Å². The number of nitrogens with zero attached hydrogens (tertiary/aromatic N) is 1. The zero-order valence-electron chi connectivity index (χ0n) is 16.4. The molecular weight excluding hydrogens is 337 g/mol. The summed E-state index contributed by atoms with van der Waals surface area (Å²) in [6.45, 7) is 4.87. The molecule has 0 saturated heterocycles. The second kappa shape index (κ2) is 6.01. The van der Waals surface area contributed by atoms with E-state index in [0.29, 0.717) is 5.92 Å². The maximum absolute atomic E-state index is 13.8. The van der Waals surface area contributed by atoms with Gasteiger partial charge >= 0.3 is 0 Å². The monoisotopic (exact) mass is 367 g/mol. The van der Waals surface area contributed by atoms with Crippen molar-refractivity contribution in [2.45, 2.75) is 64.9 Å². The number of halogens is 1. The zero-order valence-corrected chi connectivity index (χ0v) is 16.4. The van der Waals surface area contributed by atoms with E-state index in [2.05, 4.69) is 31.0 Å². The number of rotatable bonds is 1. The van der Waals surface area contributed by atoms with Crippen LogP contribution in [0.4, 0.5) is 4.39 Å². The van der Waals surface area contributed by atoms with Crippen molar-refractivity contribution in [3.8, 4) is 0 Å². The van der Waals surface area contributed by atoms with E-state index in [1.54, 1.807) is 6.07 Å². The quantitative estimate of drug-likeness (QED) is 0.661. The van der Waals surface area contributed by atoms with E-state index < -0.39 is 0 Å². The molecule has 2 fully saturated rings. The number of aliphatic hydroxyl groups is 1. The molecule has 0 spiro atoms. The molecule has 27 heavy (non-hydrogen) atoms. The molecule has 1 N–H and O–H groups in total. The molecule has 3 heteroatoms. The number of pyridine rings is 1. The molecule has 0 aromatic carbocycles. The third kappa shape index (κ3) is 2.50. The van der Waals surface area contributed by atoms with Crippen LogP contribution in [0.15, 0.2) is 36.2 Å². The smallest absolute Gasteiger partial charge is 0.142 e. The normalized spacial score (nSPS) is 43.3. The first-order chi connectivity index (χ1) is 12.9. The summed E-state index contributed by atoms with van der Waals surface area (Å²) in [5.74, 6) is 1.87. The molecule has 1 heterocycles. The molecule has 1 aromatic heterocycles. The van der Waals surface area contributed by atoms with Crippen LogP contribution in [0.25, 0.3) is 5.57 Å². The molecule has 4 aliphatic rings. The van der Waals surface area contributed by atoms with Crippen molar-refractivity contribution in [3.05, 3.63) is 47.6 Å². The number of hydrogen-bond acceptors (Lipinski definition) is 2. The Labute approximate surface area is 161 Å². The average Bonchev–Trinajstić information content (AvgIpc) is 2.99. The van der Waals surface area contributed by atoms with Crippen LogP contribution >= 0.6 is 0 Å². The van der Waals surface area contributed by atoms with E-state index in [4.69, 9.17) is 0 Å². The maximum Gasteiger partial charge on any atom is 0.142 e. The highest BCUT2D eigenvalue weighted by atomic mass is 19.1. The average molecular weight is 368 g/mol. The predicted octanol–water partition coefficient (Wildman–Crippen LogP) is 5.54. The molecule has 4 aliphatic carbocycles. The largest absolute Gasteiger partial charge is 0.389 e. The molecular formula is C24H30FNO. The summed E-state index contributed by atoms with van der Waals surface area (Å²) in [6, 6.07) is 1.66. The van der Waals surface area contributed by atoms with Crippen LogP contribution in [0.3, 0.4) is 0 Å². The summed E-state index contributed by atoms with van der Waals surface area (Å²) >= 11 is 0. The SMILES string of the molecule is C[C@]12CCC(O)C=C1CC[C@@H]1[C@@H]2CC[C@]2(C)C(c3cncc(F)c3)=CC[C@@H]12. The Balaban J connectivity index is 1.47. The summed E-state index contributed by atoms with van der Waals surface area (Å²) in [5.41, 5.74) is 4.23. The van der Waals surface area contributed by atoms with E-state index in [-0.39, 0.29) is 22.8 Å². The van der Waals surface area contributed by atoms with Gasteiger partial charge in [-0.15, -0.1) is 0 Å². The Morgan fingerprint density at radius 1 is 1.07 bits per heavy atom. The summed E-state index contributed by atoms with van der Waals surface area (Å²) < 4.78 is 13.8. The number of aliphatic hydroxyl groups excluding tert-OH is 1. The fourth-order valence-corrected chi connectivity index (χ4v) is 7.28. The van der Waals surface area contributed by atoms with Gasteiger partial charge in [-0.05, 0) is 90.7 Å². The van der Waals surface area contributed by atoms with Gasteiger partial charge in [-0.2, -0.15) is 0 Å². The van der Waals surface area contributed by atoms with Gasteiger partial charge in [0.05, 0.1) is 12.3 Å². The van der Waals surface area contributed by atoms with Crippen molar-refractivity contribution in [1.29, 1.82) is 0 Å². The van der Waals surface area contributed by atoms with Gasteiger partial charge < -0.3 is 5.11 Å². The number of fused-ring (bicyclic) bond motifs is 5. The standard InChI is InChI=1S/C24H30FNO/c1-23-9-7-18(27)12-16(23)3-4-19-21-6-5-20(15-11-17(25)14-26-13-15)24(21,2)10-8-22(19)23/h5,11-14,18-19,21-22,27H,3-4,6-10H2,1-2H3/t18?,19-,21-,22-,23-,24+/m0/s1. The Morgan fingerprint density at radius 2 is 1.89 bits per heavy atom. The molecule has 1 aromatic rings. The van der Waals surface area contributed by atoms with E-state index in [1.807, 2.05) is 6.20 Å². The van der Waals surface area contributed by atoms with Crippen molar-refractivity contribution in [3.63, 3.8) is 0 Å². The van der Waals surface area contributed by atoms with Gasteiger partial charge in [0, 0.05) is 6.20 Å². The summed E-state index contributed by atoms with van der Waals surface area (Å²) in [4.78, 5) is 4.10. The predicted molar refractivity (Wildman–Crippen MR) is 105 cm³/mol. The highest BCUT2D eigenvalue weighted by Gasteiger charge is 2.57. The van der Waals surface area contributed by atoms with Gasteiger partial charge in [-0.25, -0.2) is 4.39 Å². The Kier molecular flexibility index (Phi) is 3.92. The van der Waals surface area contributed by atoms with Crippen LogP contribution in [-0.2, 0) is 0 Å². The van der Waals surface area contributed by atoms with Crippen molar-refractivity contribution in [2.24, 2.45) is 28.6 Å². The third-order valence-corrected chi connectivity index (χ3v) is 8.69. The molecule has 144 valence electrons. The van der Waals surface area contributed by atoms with Gasteiger partial charge in [0.1, 0.15) is 5.82 Å². The lowest BCUT2D eigenvalue weighted by Gasteiger charge is -2.58. The molecule has 5 rings (SSSR count). The van der Waals surface area contributed by atoms with Crippen LogP contribution in [0.2, 0.25) is 0 Å². The van der Waals surface area contributed by atoms with Gasteiger partial charge in [0.15, 0.2) is 0 Å². The number of hydrogen-bond donors (Lipinski definition) is 1. The molecule has 0 radical (unpaired) electrons. The van der Waals surface area contributed by atoms with E-state index in [1.165, 1.54) is 36.6 Å². The lowest BCUT2D eigenvalue weighted by Crippen LogP contribution is -2.50. The van der Waals surface area contributed by atoms with Gasteiger partial charge in [-0.3, -0.25) is 4.98 Å². The topological polar surface area (TPSA) is 33.1 Å². The molecule has 2 saturated carbocycles. The van der Waals surface area contributed by atoms with Crippen LogP contribution in [0.5, 0.6) is 0 Å². The van der Waals surface area contributed by atoms with E-state index in [9.17, 15) is 9.50 Å². The van der Waals surface area contributed by atoms with Crippen LogP contribution < -0.4 is 0 Å². The summed E-state index contributed by atoms with van der Waals surface area (Å²) in [7, 11) is 0. The Morgan fingerprint density at radius 3 is 2.70 bits per heavy atom. The first-order valence-corrected chi connectivity index (χ1v) is 10.6. The van der Waals surface area contributed by atoms with Crippen LogP contribution in [-0.4, -0.2) is 16.2 Å². The van der Waals surface area contributed by atoms with Crippen molar-refractivity contribution in [2.75, 3.05) is 0 Å². The first kappa shape index (κ1) is 17.6. The summed E-state index contributed by atoms with van der Waals surface area (Å²) in [5, 5.41) is 10.1. The fourth-order valence-electron chi connectivity index (χ4n) is 7.28. The van der Waals surface area contributed by atoms with E-state index >= 15 is 0 Å². The second-order valence-electron chi connectivity index (χ2n) is 9.83. The molecule has 0 aliphatic heterocycles. The Bertz CT molecular complexity index is 829. The molecule has 0 bridgehead atoms. The molecule has 2 nitrogen and oxygen atoms in total. The molecule has 6 atom stereocenters. The fraction of sp³-hybridized carbons (Fsp3) is 0.625. The lowest BCUT2D eigenvalue weighted by molar-refractivity contribution is -0.0281. The van der Waals surface area contributed by atoms with Gasteiger partial charge in [0.2, 0.25) is 0 Å². The third-order valence-electron chi connectivity index (χ3n) is 8.69. The first-order valence-electron chi connectivity index (χ1n) is 10.6. The van der Waals surface area contributed by atoms with E-state index in [0.717, 1.165) is 43.1 Å². The van der Waals surface area contributed by atoms with Gasteiger partial charge in [-0.1, -0.05) is 31.6 Å². The lowest BCUT2D eigenvalue weighted by atomic mass is 9.46. The van der Waals surface area contributed by atoms with Crippen molar-refractivity contribution in [1.82, 2.24) is 4.98 Å². The van der Waals surface area contributed by atoms with Crippen LogP contribution in [0.1, 0.15) is 64.4 Å². The van der Waals surface area contributed by atoms with Crippen LogP contribution in [0, 0.1) is 34.4 Å². The zero-order chi connectivity index (χ0) is 18.8. The van der Waals surface area contributed by atoms with Crippen molar-refractivity contribution >= 4 is 5.57 Å². The Hall–Kier alpha value is -1.48. The molecule has 0 amide bonds. The summed E-state index contributed by atoms with van der Waals surface area (Å²) in [6.07, 6.45) is 15.4. The maximum atomic E-state index is 13.8. The highest BCUT2D eigenvalue weighted by Crippen LogP contribution is 2.66. The number of aromatic nitrogens is 1. The highest BCUT2D eigenvalue weighted by molar-refractivity contribution is 5.72. The minimum atomic E-state index is -0.241. The second-order valence-corrected chi connectivity index (χ2v) is 9.83.